The third kappa shape index (κ3) is 3.01. The van der Waals surface area contributed by atoms with Crippen LogP contribution in [0.15, 0.2) is 0 Å². The first-order valence-electron chi connectivity index (χ1n) is 9.63. The van der Waals surface area contributed by atoms with E-state index in [0.29, 0.717) is 37.7 Å². The summed E-state index contributed by atoms with van der Waals surface area (Å²) in [5, 5.41) is 4.57. The predicted molar refractivity (Wildman–Crippen MR) is 92.5 cm³/mol. The molecule has 1 aromatic heterocycles. The number of Topliss-reactive ketones (excluding diaryl/α,β-unsaturated/α-hetero) is 1. The van der Waals surface area contributed by atoms with E-state index in [4.69, 9.17) is 4.74 Å². The number of fused-ring (bicyclic) bond motifs is 1. The second kappa shape index (κ2) is 6.90. The molecule has 25 heavy (non-hydrogen) atoms. The fourth-order valence-corrected chi connectivity index (χ4v) is 4.71. The van der Waals surface area contributed by atoms with Crippen molar-refractivity contribution in [3.8, 4) is 0 Å². The van der Waals surface area contributed by atoms with E-state index in [1.165, 1.54) is 5.69 Å². The minimum atomic E-state index is -0.129. The lowest BCUT2D eigenvalue weighted by Crippen LogP contribution is -2.54. The van der Waals surface area contributed by atoms with Gasteiger partial charge in [0.15, 0.2) is 5.69 Å². The first-order valence-corrected chi connectivity index (χ1v) is 9.63. The summed E-state index contributed by atoms with van der Waals surface area (Å²) in [6.07, 6.45) is 7.77. The van der Waals surface area contributed by atoms with E-state index in [1.54, 1.807) is 0 Å². The van der Waals surface area contributed by atoms with Crippen molar-refractivity contribution in [3.63, 3.8) is 0 Å². The molecule has 0 aromatic carbocycles. The highest BCUT2D eigenvalue weighted by molar-refractivity contribution is 5.95. The van der Waals surface area contributed by atoms with Crippen molar-refractivity contribution in [2.45, 2.75) is 57.4 Å². The molecule has 0 bridgehead atoms. The molecule has 1 saturated heterocycles. The summed E-state index contributed by atoms with van der Waals surface area (Å²) in [7, 11) is 1.93. The summed E-state index contributed by atoms with van der Waals surface area (Å²) in [5.41, 5.74) is 2.93. The Labute approximate surface area is 148 Å². The normalized spacial score (nSPS) is 27.2. The van der Waals surface area contributed by atoms with Gasteiger partial charge in [0.2, 0.25) is 0 Å². The third-order valence-corrected chi connectivity index (χ3v) is 6.06. The minimum Gasteiger partial charge on any atom is -0.377 e. The van der Waals surface area contributed by atoms with Crippen LogP contribution in [-0.4, -0.2) is 52.2 Å². The van der Waals surface area contributed by atoms with Gasteiger partial charge in [-0.1, -0.05) is 6.42 Å². The summed E-state index contributed by atoms with van der Waals surface area (Å²) in [6, 6.07) is -0.129. The summed E-state index contributed by atoms with van der Waals surface area (Å²) >= 11 is 0. The van der Waals surface area contributed by atoms with Gasteiger partial charge in [-0.2, -0.15) is 5.10 Å². The largest absolute Gasteiger partial charge is 0.377 e. The van der Waals surface area contributed by atoms with E-state index >= 15 is 0 Å². The quantitative estimate of drug-likeness (QED) is 0.821. The van der Waals surface area contributed by atoms with Crippen LogP contribution in [0.5, 0.6) is 0 Å². The molecule has 3 aliphatic rings. The molecule has 0 spiro atoms. The van der Waals surface area contributed by atoms with Crippen molar-refractivity contribution < 1.29 is 14.3 Å². The summed E-state index contributed by atoms with van der Waals surface area (Å²) in [4.78, 5) is 27.6. The molecule has 2 heterocycles. The highest BCUT2D eigenvalue weighted by atomic mass is 16.5. The van der Waals surface area contributed by atoms with Crippen molar-refractivity contribution in [1.29, 1.82) is 0 Å². The number of rotatable bonds is 2. The van der Waals surface area contributed by atoms with Crippen LogP contribution in [0.1, 0.15) is 60.3 Å². The van der Waals surface area contributed by atoms with Crippen LogP contribution >= 0.6 is 0 Å². The number of amides is 1. The zero-order valence-corrected chi connectivity index (χ0v) is 15.0. The summed E-state index contributed by atoms with van der Waals surface area (Å²) < 4.78 is 7.52. The standard InChI is InChI=1S/C19H27N3O3/c1-21-15-8-4-2-7-14(15)18(20-21)19(24)22-10-11-25-12-16(22)13-6-3-5-9-17(13)23/h13,16H,2-12H2,1H3/t13-,16+/m0/s1. The van der Waals surface area contributed by atoms with Crippen molar-refractivity contribution in [1.82, 2.24) is 14.7 Å². The summed E-state index contributed by atoms with van der Waals surface area (Å²) in [6.45, 7) is 1.56. The Morgan fingerprint density at radius 1 is 1.16 bits per heavy atom. The van der Waals surface area contributed by atoms with Gasteiger partial charge in [0.05, 0.1) is 19.3 Å². The van der Waals surface area contributed by atoms with E-state index in [2.05, 4.69) is 5.10 Å². The molecule has 0 unspecified atom stereocenters. The average Bonchev–Trinajstić information content (AvgIpc) is 2.99. The molecular formula is C19H27N3O3. The number of ketones is 1. The lowest BCUT2D eigenvalue weighted by Gasteiger charge is -2.40. The Kier molecular flexibility index (Phi) is 4.63. The molecule has 2 atom stereocenters. The van der Waals surface area contributed by atoms with Crippen molar-refractivity contribution >= 4 is 11.7 Å². The van der Waals surface area contributed by atoms with Crippen LogP contribution in [0.4, 0.5) is 0 Å². The third-order valence-electron chi connectivity index (χ3n) is 6.06. The fourth-order valence-electron chi connectivity index (χ4n) is 4.71. The lowest BCUT2D eigenvalue weighted by atomic mass is 9.82. The first-order chi connectivity index (χ1) is 12.2. The molecule has 2 fully saturated rings. The van der Waals surface area contributed by atoms with E-state index in [0.717, 1.165) is 50.5 Å². The van der Waals surface area contributed by atoms with Crippen LogP contribution in [0, 0.1) is 5.92 Å². The Morgan fingerprint density at radius 3 is 2.80 bits per heavy atom. The van der Waals surface area contributed by atoms with Gasteiger partial charge < -0.3 is 9.64 Å². The molecule has 6 heteroatoms. The number of hydrogen-bond donors (Lipinski definition) is 0. The first kappa shape index (κ1) is 16.8. The van der Waals surface area contributed by atoms with Gasteiger partial charge in [0, 0.05) is 37.2 Å². The maximum atomic E-state index is 13.3. The Morgan fingerprint density at radius 2 is 1.96 bits per heavy atom. The average molecular weight is 345 g/mol. The van der Waals surface area contributed by atoms with Crippen LogP contribution in [0.2, 0.25) is 0 Å². The van der Waals surface area contributed by atoms with Gasteiger partial charge in [-0.25, -0.2) is 0 Å². The maximum Gasteiger partial charge on any atom is 0.275 e. The van der Waals surface area contributed by atoms with Crippen molar-refractivity contribution in [2.75, 3.05) is 19.8 Å². The van der Waals surface area contributed by atoms with Crippen LogP contribution in [0.3, 0.4) is 0 Å². The number of carbonyl (C=O) groups is 2. The second-order valence-electron chi connectivity index (χ2n) is 7.56. The van der Waals surface area contributed by atoms with Gasteiger partial charge in [0.25, 0.3) is 5.91 Å². The van der Waals surface area contributed by atoms with E-state index < -0.39 is 0 Å². The SMILES string of the molecule is Cn1nc(C(=O)N2CCOC[C@@H]2[C@@H]2CCCCC2=O)c2c1CCCC2. The van der Waals surface area contributed by atoms with Gasteiger partial charge in [0.1, 0.15) is 5.78 Å². The molecule has 2 aliphatic carbocycles. The number of ether oxygens (including phenoxy) is 1. The van der Waals surface area contributed by atoms with Crippen LogP contribution < -0.4 is 0 Å². The van der Waals surface area contributed by atoms with Gasteiger partial charge in [-0.05, 0) is 38.5 Å². The molecule has 1 amide bonds. The van der Waals surface area contributed by atoms with Crippen LogP contribution in [0.25, 0.3) is 0 Å². The Balaban J connectivity index is 1.62. The smallest absolute Gasteiger partial charge is 0.275 e. The predicted octanol–water partition coefficient (Wildman–Crippen LogP) is 1.90. The maximum absolute atomic E-state index is 13.3. The molecule has 136 valence electrons. The molecule has 6 nitrogen and oxygen atoms in total. The second-order valence-corrected chi connectivity index (χ2v) is 7.56. The zero-order valence-electron chi connectivity index (χ0n) is 15.0. The Bertz CT molecular complexity index is 682. The number of aryl methyl sites for hydroxylation is 1. The number of nitrogens with zero attached hydrogens (tertiary/aromatic N) is 3. The molecule has 1 aromatic rings. The molecule has 1 aliphatic heterocycles. The topological polar surface area (TPSA) is 64.4 Å². The number of morpholine rings is 1. The molecule has 4 rings (SSSR count). The monoisotopic (exact) mass is 345 g/mol. The van der Waals surface area contributed by atoms with E-state index in [-0.39, 0.29) is 17.9 Å². The number of carbonyl (C=O) groups excluding carboxylic acids is 2. The fraction of sp³-hybridized carbons (Fsp3) is 0.737. The van der Waals surface area contributed by atoms with E-state index in [9.17, 15) is 9.59 Å². The molecule has 1 saturated carbocycles. The zero-order chi connectivity index (χ0) is 17.4. The van der Waals surface area contributed by atoms with Gasteiger partial charge in [-0.15, -0.1) is 0 Å². The van der Waals surface area contributed by atoms with Crippen molar-refractivity contribution in [2.24, 2.45) is 13.0 Å². The van der Waals surface area contributed by atoms with Gasteiger partial charge in [-0.3, -0.25) is 14.3 Å². The Hall–Kier alpha value is -1.69. The van der Waals surface area contributed by atoms with Crippen LogP contribution in [-0.2, 0) is 29.4 Å². The van der Waals surface area contributed by atoms with Crippen molar-refractivity contribution in [3.05, 3.63) is 17.0 Å². The molecule has 0 N–H and O–H groups in total. The molecule has 0 radical (unpaired) electrons. The highest BCUT2D eigenvalue weighted by Crippen LogP contribution is 2.30. The van der Waals surface area contributed by atoms with E-state index in [1.807, 2.05) is 16.6 Å². The minimum absolute atomic E-state index is 0.00887. The lowest BCUT2D eigenvalue weighted by molar-refractivity contribution is -0.129. The highest BCUT2D eigenvalue weighted by Gasteiger charge is 2.40. The summed E-state index contributed by atoms with van der Waals surface area (Å²) in [5.74, 6) is 0.213. The number of aromatic nitrogens is 2. The molecular weight excluding hydrogens is 318 g/mol. The van der Waals surface area contributed by atoms with Gasteiger partial charge >= 0.3 is 0 Å². The number of hydrogen-bond acceptors (Lipinski definition) is 4.